The molecule has 0 N–H and O–H groups in total. The summed E-state index contributed by atoms with van der Waals surface area (Å²) in [6, 6.07) is 9.73. The van der Waals surface area contributed by atoms with E-state index >= 15 is 0 Å². The Labute approximate surface area is 110 Å². The van der Waals surface area contributed by atoms with Gasteiger partial charge in [-0.15, -0.1) is 0 Å². The van der Waals surface area contributed by atoms with Crippen molar-refractivity contribution in [1.82, 2.24) is 0 Å². The highest BCUT2D eigenvalue weighted by molar-refractivity contribution is 5.86. The third-order valence-corrected chi connectivity index (χ3v) is 2.63. The monoisotopic (exact) mass is 246 g/mol. The molecule has 2 heteroatoms. The molecule has 1 aromatic carbocycles. The highest BCUT2D eigenvalue weighted by Crippen LogP contribution is 2.06. The molecule has 0 saturated heterocycles. The van der Waals surface area contributed by atoms with E-state index in [2.05, 4.69) is 13.8 Å². The second-order valence-corrected chi connectivity index (χ2v) is 4.80. The van der Waals surface area contributed by atoms with Crippen molar-refractivity contribution >= 4 is 12.0 Å². The van der Waals surface area contributed by atoms with Crippen LogP contribution < -0.4 is 0 Å². The van der Waals surface area contributed by atoms with Crippen LogP contribution in [0, 0.1) is 5.92 Å². The van der Waals surface area contributed by atoms with E-state index in [0.717, 1.165) is 24.3 Å². The average molecular weight is 246 g/mol. The molecule has 0 radical (unpaired) electrons. The van der Waals surface area contributed by atoms with Crippen molar-refractivity contribution in [1.29, 1.82) is 0 Å². The fourth-order valence-corrected chi connectivity index (χ4v) is 1.60. The van der Waals surface area contributed by atoms with Gasteiger partial charge in [0.2, 0.25) is 0 Å². The lowest BCUT2D eigenvalue weighted by Crippen LogP contribution is -2.02. The number of carbonyl (C=O) groups excluding carboxylic acids is 1. The normalized spacial score (nSPS) is 11.1. The summed E-state index contributed by atoms with van der Waals surface area (Å²) in [6.07, 6.45) is 6.52. The molecule has 98 valence electrons. The van der Waals surface area contributed by atoms with E-state index in [0.29, 0.717) is 6.61 Å². The first-order valence-electron chi connectivity index (χ1n) is 6.58. The Hall–Kier alpha value is -1.57. The summed E-state index contributed by atoms with van der Waals surface area (Å²) < 4.78 is 5.12. The van der Waals surface area contributed by atoms with Crippen molar-refractivity contribution in [2.45, 2.75) is 33.1 Å². The zero-order valence-corrected chi connectivity index (χ0v) is 11.3. The molecule has 2 nitrogen and oxygen atoms in total. The summed E-state index contributed by atoms with van der Waals surface area (Å²) in [6.45, 7) is 4.92. The van der Waals surface area contributed by atoms with Gasteiger partial charge in [-0.3, -0.25) is 0 Å². The molecule has 18 heavy (non-hydrogen) atoms. The maximum absolute atomic E-state index is 11.4. The van der Waals surface area contributed by atoms with Crippen LogP contribution in [0.4, 0.5) is 0 Å². The predicted octanol–water partition coefficient (Wildman–Crippen LogP) is 4.07. The first-order valence-corrected chi connectivity index (χ1v) is 6.58. The van der Waals surface area contributed by atoms with Gasteiger partial charge < -0.3 is 4.74 Å². The molecule has 0 amide bonds. The van der Waals surface area contributed by atoms with Gasteiger partial charge >= 0.3 is 5.97 Å². The highest BCUT2D eigenvalue weighted by Gasteiger charge is 1.98. The lowest BCUT2D eigenvalue weighted by atomic mass is 10.1. The minimum absolute atomic E-state index is 0.261. The zero-order chi connectivity index (χ0) is 13.2. The maximum Gasteiger partial charge on any atom is 0.330 e. The summed E-state index contributed by atoms with van der Waals surface area (Å²) in [5, 5.41) is 0. The lowest BCUT2D eigenvalue weighted by molar-refractivity contribution is -0.137. The predicted molar refractivity (Wildman–Crippen MR) is 75.1 cm³/mol. The topological polar surface area (TPSA) is 26.3 Å². The summed E-state index contributed by atoms with van der Waals surface area (Å²) in [5.41, 5.74) is 1.01. The number of unbranched alkanes of at least 4 members (excludes halogenated alkanes) is 1. The Balaban J connectivity index is 2.16. The first kappa shape index (κ1) is 14.5. The number of rotatable bonds is 7. The van der Waals surface area contributed by atoms with Gasteiger partial charge in [0.15, 0.2) is 0 Å². The van der Waals surface area contributed by atoms with Crippen LogP contribution >= 0.6 is 0 Å². The fraction of sp³-hybridized carbons (Fsp3) is 0.438. The molecule has 0 atom stereocenters. The van der Waals surface area contributed by atoms with Gasteiger partial charge in [-0.2, -0.15) is 0 Å². The van der Waals surface area contributed by atoms with Gasteiger partial charge in [-0.25, -0.2) is 4.79 Å². The largest absolute Gasteiger partial charge is 0.463 e. The van der Waals surface area contributed by atoms with E-state index in [4.69, 9.17) is 4.74 Å². The molecule has 0 saturated carbocycles. The quantitative estimate of drug-likeness (QED) is 0.412. The molecule has 0 aliphatic heterocycles. The summed E-state index contributed by atoms with van der Waals surface area (Å²) >= 11 is 0. The van der Waals surface area contributed by atoms with Gasteiger partial charge in [-0.05, 0) is 30.4 Å². The lowest BCUT2D eigenvalue weighted by Gasteiger charge is -2.04. The molecule has 0 unspecified atom stereocenters. The number of esters is 1. The fourth-order valence-electron chi connectivity index (χ4n) is 1.60. The third-order valence-electron chi connectivity index (χ3n) is 2.63. The molecular weight excluding hydrogens is 224 g/mol. The summed E-state index contributed by atoms with van der Waals surface area (Å²) in [4.78, 5) is 11.4. The van der Waals surface area contributed by atoms with E-state index in [9.17, 15) is 4.79 Å². The summed E-state index contributed by atoms with van der Waals surface area (Å²) in [7, 11) is 0. The van der Waals surface area contributed by atoms with Crippen molar-refractivity contribution in [3.63, 3.8) is 0 Å². The maximum atomic E-state index is 11.4. The molecule has 0 heterocycles. The molecule has 0 spiro atoms. The molecule has 0 aromatic heterocycles. The van der Waals surface area contributed by atoms with Gasteiger partial charge in [0.05, 0.1) is 6.61 Å². The third kappa shape index (κ3) is 6.89. The van der Waals surface area contributed by atoms with Crippen molar-refractivity contribution in [2.75, 3.05) is 6.61 Å². The van der Waals surface area contributed by atoms with E-state index in [1.165, 1.54) is 12.5 Å². The standard InChI is InChI=1S/C16H22O2/c1-14(2)8-6-7-13-18-16(17)12-11-15-9-4-3-5-10-15/h3-5,9-12,14H,6-8,13H2,1-2H3. The van der Waals surface area contributed by atoms with Crippen molar-refractivity contribution < 1.29 is 9.53 Å². The molecule has 0 aliphatic carbocycles. The van der Waals surface area contributed by atoms with Crippen molar-refractivity contribution in [3.8, 4) is 0 Å². The van der Waals surface area contributed by atoms with E-state index in [-0.39, 0.29) is 5.97 Å². The zero-order valence-electron chi connectivity index (χ0n) is 11.3. The van der Waals surface area contributed by atoms with Gasteiger partial charge in [0.25, 0.3) is 0 Å². The Morgan fingerprint density at radius 2 is 1.94 bits per heavy atom. The van der Waals surface area contributed by atoms with Crippen LogP contribution in [0.2, 0.25) is 0 Å². The van der Waals surface area contributed by atoms with Crippen LogP contribution in [0.5, 0.6) is 0 Å². The molecular formula is C16H22O2. The van der Waals surface area contributed by atoms with Crippen LogP contribution in [0.15, 0.2) is 36.4 Å². The Morgan fingerprint density at radius 1 is 1.22 bits per heavy atom. The Bertz CT molecular complexity index is 366. The Kier molecular flexibility index (Phi) is 6.85. The van der Waals surface area contributed by atoms with Crippen LogP contribution in [0.3, 0.4) is 0 Å². The van der Waals surface area contributed by atoms with Crippen LogP contribution in [0.25, 0.3) is 6.08 Å². The van der Waals surface area contributed by atoms with Crippen molar-refractivity contribution in [3.05, 3.63) is 42.0 Å². The number of ether oxygens (including phenoxy) is 1. The van der Waals surface area contributed by atoms with Crippen LogP contribution in [-0.2, 0) is 9.53 Å². The number of hydrogen-bond donors (Lipinski definition) is 0. The van der Waals surface area contributed by atoms with E-state index in [1.807, 2.05) is 30.3 Å². The first-order chi connectivity index (χ1) is 8.68. The summed E-state index contributed by atoms with van der Waals surface area (Å²) in [5.74, 6) is 0.460. The molecule has 0 bridgehead atoms. The molecule has 1 rings (SSSR count). The van der Waals surface area contributed by atoms with Crippen molar-refractivity contribution in [2.24, 2.45) is 5.92 Å². The number of carbonyl (C=O) groups is 1. The molecule has 1 aromatic rings. The minimum Gasteiger partial charge on any atom is -0.463 e. The average Bonchev–Trinajstić information content (AvgIpc) is 2.37. The number of hydrogen-bond acceptors (Lipinski definition) is 2. The van der Waals surface area contributed by atoms with E-state index < -0.39 is 0 Å². The molecule has 0 fully saturated rings. The number of benzene rings is 1. The second kappa shape index (κ2) is 8.51. The van der Waals surface area contributed by atoms with Gasteiger partial charge in [-0.1, -0.05) is 50.6 Å². The smallest absolute Gasteiger partial charge is 0.330 e. The SMILES string of the molecule is CC(C)CCCCOC(=O)C=Cc1ccccc1. The Morgan fingerprint density at radius 3 is 2.61 bits per heavy atom. The van der Waals surface area contributed by atoms with Gasteiger partial charge in [0, 0.05) is 6.08 Å². The van der Waals surface area contributed by atoms with Gasteiger partial charge in [0.1, 0.15) is 0 Å². The second-order valence-electron chi connectivity index (χ2n) is 4.80. The minimum atomic E-state index is -0.261. The van der Waals surface area contributed by atoms with Crippen LogP contribution in [0.1, 0.15) is 38.7 Å². The van der Waals surface area contributed by atoms with Crippen LogP contribution in [-0.4, -0.2) is 12.6 Å². The molecule has 0 aliphatic rings. The van der Waals surface area contributed by atoms with E-state index in [1.54, 1.807) is 6.08 Å². The highest BCUT2D eigenvalue weighted by atomic mass is 16.5.